The van der Waals surface area contributed by atoms with Crippen LogP contribution in [0.4, 0.5) is 11.4 Å². The van der Waals surface area contributed by atoms with Gasteiger partial charge in [0.1, 0.15) is 12.2 Å². The minimum absolute atomic E-state index is 0.152. The minimum atomic E-state index is -0.822. The molecule has 1 saturated heterocycles. The summed E-state index contributed by atoms with van der Waals surface area (Å²) in [5, 5.41) is 12.6. The van der Waals surface area contributed by atoms with Gasteiger partial charge in [0.05, 0.1) is 13.2 Å². The van der Waals surface area contributed by atoms with Crippen molar-refractivity contribution >= 4 is 29.1 Å². The van der Waals surface area contributed by atoms with E-state index >= 15 is 0 Å². The van der Waals surface area contributed by atoms with E-state index in [-0.39, 0.29) is 6.17 Å². The quantitative estimate of drug-likeness (QED) is 0.650. The fourth-order valence-electron chi connectivity index (χ4n) is 2.46. The highest BCUT2D eigenvalue weighted by atomic mass is 32.2. The van der Waals surface area contributed by atoms with Crippen molar-refractivity contribution in [2.45, 2.75) is 18.6 Å². The molecule has 0 aromatic heterocycles. The number of nitrogens with two attached hydrogens (primary N) is 1. The number of nitrogens with zero attached hydrogens (tertiary/aromatic N) is 1. The Bertz CT molecular complexity index is 483. The Hall–Kier alpha value is -1.44. The molecule has 7 heteroatoms. The molecule has 0 spiro atoms. The van der Waals surface area contributed by atoms with Crippen molar-refractivity contribution in [1.82, 2.24) is 5.32 Å². The summed E-state index contributed by atoms with van der Waals surface area (Å²) in [7, 11) is 0. The van der Waals surface area contributed by atoms with E-state index in [1.54, 1.807) is 11.8 Å². The maximum absolute atomic E-state index is 11.4. The van der Waals surface area contributed by atoms with Gasteiger partial charge in [-0.05, 0) is 42.7 Å². The summed E-state index contributed by atoms with van der Waals surface area (Å²) < 4.78 is 5.52. The summed E-state index contributed by atoms with van der Waals surface area (Å²) in [5.41, 5.74) is 7.46. The Labute approximate surface area is 135 Å². The van der Waals surface area contributed by atoms with Gasteiger partial charge in [-0.25, -0.2) is 0 Å². The highest BCUT2D eigenvalue weighted by Gasteiger charge is 2.28. The molecule has 2 rings (SSSR count). The van der Waals surface area contributed by atoms with Crippen LogP contribution in [-0.2, 0) is 9.53 Å². The van der Waals surface area contributed by atoms with Crippen LogP contribution in [0, 0.1) is 0 Å². The molecule has 0 aliphatic carbocycles. The number of carboxylic acids is 1. The highest BCUT2D eigenvalue weighted by molar-refractivity contribution is 7.98. The molecule has 0 saturated carbocycles. The van der Waals surface area contributed by atoms with Crippen molar-refractivity contribution in [3.05, 3.63) is 24.3 Å². The van der Waals surface area contributed by atoms with Crippen molar-refractivity contribution in [2.24, 2.45) is 0 Å². The van der Waals surface area contributed by atoms with Crippen LogP contribution in [0.25, 0.3) is 0 Å². The van der Waals surface area contributed by atoms with Gasteiger partial charge >= 0.3 is 5.97 Å². The third-order valence-corrected chi connectivity index (χ3v) is 4.30. The first-order valence-corrected chi connectivity index (χ1v) is 8.69. The molecule has 4 N–H and O–H groups in total. The first kappa shape index (κ1) is 16.9. The van der Waals surface area contributed by atoms with Crippen molar-refractivity contribution < 1.29 is 14.6 Å². The van der Waals surface area contributed by atoms with Crippen LogP contribution in [0.2, 0.25) is 0 Å². The van der Waals surface area contributed by atoms with Gasteiger partial charge in [0.2, 0.25) is 0 Å². The van der Waals surface area contributed by atoms with Crippen LogP contribution < -0.4 is 16.0 Å². The number of morpholine rings is 1. The number of ether oxygens (including phenoxy) is 1. The number of aliphatic carboxylic acids is 1. The minimum Gasteiger partial charge on any atom is -0.480 e. The van der Waals surface area contributed by atoms with Gasteiger partial charge in [0.25, 0.3) is 0 Å². The van der Waals surface area contributed by atoms with E-state index < -0.39 is 12.0 Å². The first-order chi connectivity index (χ1) is 10.6. The monoisotopic (exact) mass is 325 g/mol. The van der Waals surface area contributed by atoms with E-state index in [1.807, 2.05) is 30.5 Å². The molecular formula is C15H23N3O3S. The molecule has 1 aliphatic heterocycles. The molecule has 1 unspecified atom stereocenters. The molecule has 0 amide bonds. The van der Waals surface area contributed by atoms with Crippen LogP contribution in [0.1, 0.15) is 6.42 Å². The molecule has 1 aromatic rings. The van der Waals surface area contributed by atoms with Crippen LogP contribution in [-0.4, -0.2) is 55.1 Å². The zero-order chi connectivity index (χ0) is 15.9. The lowest BCUT2D eigenvalue weighted by Crippen LogP contribution is -2.58. The van der Waals surface area contributed by atoms with Gasteiger partial charge < -0.3 is 20.5 Å². The average molecular weight is 325 g/mol. The molecule has 0 radical (unpaired) electrons. The van der Waals surface area contributed by atoms with E-state index in [9.17, 15) is 9.90 Å². The Morgan fingerprint density at radius 1 is 1.55 bits per heavy atom. The van der Waals surface area contributed by atoms with Crippen LogP contribution in [0.5, 0.6) is 0 Å². The fraction of sp³-hybridized carbons (Fsp3) is 0.533. The second-order valence-corrected chi connectivity index (χ2v) is 6.20. The molecular weight excluding hydrogens is 302 g/mol. The highest BCUT2D eigenvalue weighted by Crippen LogP contribution is 2.20. The molecule has 1 aliphatic rings. The molecule has 6 nitrogen and oxygen atoms in total. The molecule has 1 fully saturated rings. The smallest absolute Gasteiger partial charge is 0.320 e. The fourth-order valence-corrected chi connectivity index (χ4v) is 2.93. The Morgan fingerprint density at radius 3 is 2.91 bits per heavy atom. The van der Waals surface area contributed by atoms with Gasteiger partial charge in [-0.2, -0.15) is 11.8 Å². The number of benzene rings is 1. The van der Waals surface area contributed by atoms with E-state index in [1.165, 1.54) is 0 Å². The Morgan fingerprint density at radius 2 is 2.27 bits per heavy atom. The number of rotatable bonds is 7. The third kappa shape index (κ3) is 4.53. The third-order valence-electron chi connectivity index (χ3n) is 3.66. The van der Waals surface area contributed by atoms with Crippen molar-refractivity contribution in [2.75, 3.05) is 42.4 Å². The molecule has 2 atom stereocenters. The van der Waals surface area contributed by atoms with E-state index in [0.717, 1.165) is 18.0 Å². The summed E-state index contributed by atoms with van der Waals surface area (Å²) in [4.78, 5) is 13.6. The van der Waals surface area contributed by atoms with Crippen LogP contribution >= 0.6 is 11.8 Å². The first-order valence-electron chi connectivity index (χ1n) is 7.29. The van der Waals surface area contributed by atoms with E-state index in [2.05, 4.69) is 10.2 Å². The van der Waals surface area contributed by atoms with Gasteiger partial charge in [-0.3, -0.25) is 10.1 Å². The summed E-state index contributed by atoms with van der Waals surface area (Å²) in [6.45, 7) is 1.81. The predicted molar refractivity (Wildman–Crippen MR) is 90.4 cm³/mol. The van der Waals surface area contributed by atoms with Crippen molar-refractivity contribution in [3.8, 4) is 0 Å². The summed E-state index contributed by atoms with van der Waals surface area (Å²) >= 11 is 1.65. The number of nitrogens with one attached hydrogen (secondary N) is 1. The number of hydrogen-bond donors (Lipinski definition) is 3. The summed E-state index contributed by atoms with van der Waals surface area (Å²) in [5.74, 6) is -0.0174. The number of carboxylic acid groups (broad SMARTS) is 1. The second-order valence-electron chi connectivity index (χ2n) is 5.21. The van der Waals surface area contributed by atoms with Gasteiger partial charge in [0, 0.05) is 17.9 Å². The summed E-state index contributed by atoms with van der Waals surface area (Å²) in [6, 6.07) is 7.03. The molecule has 1 heterocycles. The normalized spacial score (nSPS) is 19.9. The molecule has 122 valence electrons. The van der Waals surface area contributed by atoms with Crippen LogP contribution in [0.15, 0.2) is 24.3 Å². The average Bonchev–Trinajstić information content (AvgIpc) is 2.52. The molecule has 1 aromatic carbocycles. The Kier molecular flexibility index (Phi) is 6.35. The largest absolute Gasteiger partial charge is 0.480 e. The van der Waals surface area contributed by atoms with Gasteiger partial charge in [0.15, 0.2) is 0 Å². The molecule has 22 heavy (non-hydrogen) atoms. The summed E-state index contributed by atoms with van der Waals surface area (Å²) in [6.07, 6.45) is 2.41. The molecule has 0 bridgehead atoms. The van der Waals surface area contributed by atoms with E-state index in [0.29, 0.717) is 25.3 Å². The topological polar surface area (TPSA) is 87.8 Å². The lowest BCUT2D eigenvalue weighted by atomic mass is 10.2. The van der Waals surface area contributed by atoms with Crippen LogP contribution in [0.3, 0.4) is 0 Å². The predicted octanol–water partition coefficient (Wildman–Crippen LogP) is 1.23. The van der Waals surface area contributed by atoms with Crippen molar-refractivity contribution in [1.29, 1.82) is 0 Å². The maximum Gasteiger partial charge on any atom is 0.320 e. The zero-order valence-electron chi connectivity index (χ0n) is 12.7. The Balaban J connectivity index is 2.08. The number of carbonyl (C=O) groups is 1. The van der Waals surface area contributed by atoms with Gasteiger partial charge in [-0.1, -0.05) is 0 Å². The second kappa shape index (κ2) is 8.26. The van der Waals surface area contributed by atoms with Gasteiger partial charge in [-0.15, -0.1) is 0 Å². The number of thioether (sulfide) groups is 1. The SMILES string of the molecule is CSCCC(N[C@H]1COCCN1c1ccc(N)cc1)C(=O)O. The maximum atomic E-state index is 11.4. The number of hydrogen-bond acceptors (Lipinski definition) is 6. The standard InChI is InChI=1S/C15H23N3O3S/c1-22-9-6-13(15(19)20)17-14-10-21-8-7-18(14)12-4-2-11(16)3-5-12/h2-5,13-14,17H,6-10,16H2,1H3,(H,19,20)/t13?,14-/m1/s1. The zero-order valence-corrected chi connectivity index (χ0v) is 13.5. The number of nitrogen functional groups attached to an aromatic ring is 1. The number of anilines is 2. The lowest BCUT2D eigenvalue weighted by Gasteiger charge is -2.39. The van der Waals surface area contributed by atoms with Crippen molar-refractivity contribution in [3.63, 3.8) is 0 Å². The lowest BCUT2D eigenvalue weighted by molar-refractivity contribution is -0.140. The van der Waals surface area contributed by atoms with E-state index in [4.69, 9.17) is 10.5 Å².